The van der Waals surface area contributed by atoms with Crippen LogP contribution in [-0.4, -0.2) is 36.7 Å². The lowest BCUT2D eigenvalue weighted by molar-refractivity contribution is 0.0691. The molecule has 0 aliphatic carbocycles. The van der Waals surface area contributed by atoms with Gasteiger partial charge < -0.3 is 10.4 Å². The Morgan fingerprint density at radius 3 is 2.48 bits per heavy atom. The summed E-state index contributed by atoms with van der Waals surface area (Å²) < 4.78 is 1.68. The van der Waals surface area contributed by atoms with Gasteiger partial charge in [-0.05, 0) is 42.3 Å². The van der Waals surface area contributed by atoms with Crippen molar-refractivity contribution in [2.45, 2.75) is 13.5 Å². The number of hydrogen-bond acceptors (Lipinski definition) is 5. The lowest BCUT2D eigenvalue weighted by atomic mass is 10.0. The maximum absolute atomic E-state index is 12.2. The lowest BCUT2D eigenvalue weighted by Gasteiger charge is -2.07. The molecule has 0 bridgehead atoms. The zero-order chi connectivity index (χ0) is 20.4. The van der Waals surface area contributed by atoms with E-state index in [0.717, 1.165) is 16.6 Å². The minimum absolute atomic E-state index is 0.0514. The number of carboxylic acids is 1. The third-order valence-corrected chi connectivity index (χ3v) is 4.53. The van der Waals surface area contributed by atoms with E-state index >= 15 is 0 Å². The maximum atomic E-state index is 12.2. The summed E-state index contributed by atoms with van der Waals surface area (Å²) in [5, 5.41) is 16.9. The van der Waals surface area contributed by atoms with Gasteiger partial charge in [-0.2, -0.15) is 5.10 Å². The first kappa shape index (κ1) is 18.3. The smallest absolute Gasteiger partial charge is 0.357 e. The highest BCUT2D eigenvalue weighted by molar-refractivity contribution is 6.03. The van der Waals surface area contributed by atoms with E-state index in [0.29, 0.717) is 17.6 Å². The topological polar surface area (TPSA) is 110 Å². The van der Waals surface area contributed by atoms with Gasteiger partial charge in [-0.1, -0.05) is 18.2 Å². The van der Waals surface area contributed by atoms with Crippen molar-refractivity contribution in [2.24, 2.45) is 0 Å². The predicted molar refractivity (Wildman–Crippen MR) is 108 cm³/mol. The number of aromatic nitrogens is 4. The summed E-state index contributed by atoms with van der Waals surface area (Å²) in [6.07, 6.45) is 4.37. The average molecular weight is 387 g/mol. The molecule has 144 valence electrons. The summed E-state index contributed by atoms with van der Waals surface area (Å²) in [4.78, 5) is 31.4. The first-order valence-corrected chi connectivity index (χ1v) is 8.98. The Morgan fingerprint density at radius 1 is 1.07 bits per heavy atom. The summed E-state index contributed by atoms with van der Waals surface area (Å²) in [6.45, 7) is 2.49. The van der Waals surface area contributed by atoms with Crippen LogP contribution in [0.2, 0.25) is 0 Å². The zero-order valence-corrected chi connectivity index (χ0v) is 15.5. The van der Waals surface area contributed by atoms with Gasteiger partial charge in [-0.25, -0.2) is 9.78 Å². The fraction of sp³-hybridized carbons (Fsp3) is 0.0952. The molecule has 2 aromatic carbocycles. The van der Waals surface area contributed by atoms with Crippen molar-refractivity contribution in [3.05, 3.63) is 72.4 Å². The molecule has 2 heterocycles. The van der Waals surface area contributed by atoms with E-state index in [1.807, 2.05) is 31.2 Å². The molecule has 1 amide bonds. The third-order valence-electron chi connectivity index (χ3n) is 4.53. The van der Waals surface area contributed by atoms with Gasteiger partial charge in [-0.3, -0.25) is 14.5 Å². The van der Waals surface area contributed by atoms with E-state index in [9.17, 15) is 14.7 Å². The largest absolute Gasteiger partial charge is 0.476 e. The number of aromatic carboxylic acids is 1. The number of carbonyl (C=O) groups is 2. The van der Waals surface area contributed by atoms with Gasteiger partial charge in [0.15, 0.2) is 5.69 Å². The molecule has 2 N–H and O–H groups in total. The second-order valence-electron chi connectivity index (χ2n) is 6.32. The van der Waals surface area contributed by atoms with E-state index in [4.69, 9.17) is 0 Å². The van der Waals surface area contributed by atoms with E-state index in [-0.39, 0.29) is 17.3 Å². The van der Waals surface area contributed by atoms with E-state index in [2.05, 4.69) is 20.4 Å². The Balaban J connectivity index is 1.61. The number of aryl methyl sites for hydroxylation is 1. The van der Waals surface area contributed by atoms with Gasteiger partial charge in [-0.15, -0.1) is 0 Å². The number of nitrogens with one attached hydrogen (secondary N) is 1. The Kier molecular flexibility index (Phi) is 4.74. The van der Waals surface area contributed by atoms with E-state index < -0.39 is 5.97 Å². The number of amides is 1. The van der Waals surface area contributed by atoms with Gasteiger partial charge in [0.05, 0.1) is 11.7 Å². The minimum atomic E-state index is -1.04. The molecule has 8 nitrogen and oxygen atoms in total. The van der Waals surface area contributed by atoms with Crippen LogP contribution in [0.1, 0.15) is 27.9 Å². The summed E-state index contributed by atoms with van der Waals surface area (Å²) in [7, 11) is 0. The second kappa shape index (κ2) is 7.51. The van der Waals surface area contributed by atoms with Crippen LogP contribution in [0, 0.1) is 0 Å². The number of anilines is 1. The van der Waals surface area contributed by atoms with Crippen LogP contribution < -0.4 is 5.32 Å². The quantitative estimate of drug-likeness (QED) is 0.543. The molecule has 0 saturated heterocycles. The Labute approximate surface area is 165 Å². The molecule has 0 atom stereocenters. The van der Waals surface area contributed by atoms with Crippen LogP contribution in [0.4, 0.5) is 5.69 Å². The van der Waals surface area contributed by atoms with Crippen molar-refractivity contribution < 1.29 is 14.7 Å². The molecule has 0 aliphatic heterocycles. The first-order valence-electron chi connectivity index (χ1n) is 8.98. The van der Waals surface area contributed by atoms with Crippen LogP contribution in [0.3, 0.4) is 0 Å². The number of hydrogen-bond donors (Lipinski definition) is 2. The van der Waals surface area contributed by atoms with Gasteiger partial charge in [0.25, 0.3) is 5.91 Å². The minimum Gasteiger partial charge on any atom is -0.476 e. The van der Waals surface area contributed by atoms with Crippen molar-refractivity contribution in [2.75, 3.05) is 5.32 Å². The Bertz CT molecular complexity index is 1200. The lowest BCUT2D eigenvalue weighted by Crippen LogP contribution is -2.13. The molecule has 0 fully saturated rings. The molecule has 8 heteroatoms. The molecule has 4 aromatic rings. The monoisotopic (exact) mass is 387 g/mol. The Morgan fingerprint density at radius 2 is 1.83 bits per heavy atom. The molecule has 4 rings (SSSR count). The molecule has 0 radical (unpaired) electrons. The van der Waals surface area contributed by atoms with Crippen molar-refractivity contribution in [3.63, 3.8) is 0 Å². The van der Waals surface area contributed by atoms with Crippen LogP contribution in [0.25, 0.3) is 22.0 Å². The Hall–Kier alpha value is -4.07. The number of benzene rings is 2. The molecular formula is C21H17N5O3. The van der Waals surface area contributed by atoms with Crippen LogP contribution in [0.15, 0.2) is 61.1 Å². The molecule has 0 saturated carbocycles. The predicted octanol–water partition coefficient (Wildman–Crippen LogP) is 3.46. The molecule has 0 unspecified atom stereocenters. The van der Waals surface area contributed by atoms with E-state index in [1.165, 1.54) is 18.6 Å². The van der Waals surface area contributed by atoms with Crippen LogP contribution in [0.5, 0.6) is 0 Å². The van der Waals surface area contributed by atoms with Crippen LogP contribution in [-0.2, 0) is 6.54 Å². The van der Waals surface area contributed by atoms with E-state index in [1.54, 1.807) is 22.9 Å². The summed E-state index contributed by atoms with van der Waals surface area (Å²) >= 11 is 0. The highest BCUT2D eigenvalue weighted by Gasteiger charge is 2.16. The van der Waals surface area contributed by atoms with Crippen molar-refractivity contribution in [1.82, 2.24) is 19.7 Å². The molecule has 29 heavy (non-hydrogen) atoms. The number of carbonyl (C=O) groups excluding carboxylic acids is 1. The molecular weight excluding hydrogens is 370 g/mol. The molecule has 0 spiro atoms. The second-order valence-corrected chi connectivity index (χ2v) is 6.32. The van der Waals surface area contributed by atoms with Gasteiger partial charge >= 0.3 is 5.97 Å². The summed E-state index contributed by atoms with van der Waals surface area (Å²) in [5.41, 5.74) is 3.56. The highest BCUT2D eigenvalue weighted by Crippen LogP contribution is 2.27. The van der Waals surface area contributed by atoms with Gasteiger partial charge in [0.2, 0.25) is 0 Å². The number of nitrogens with zero attached hydrogens (tertiary/aromatic N) is 4. The summed E-state index contributed by atoms with van der Waals surface area (Å²) in [6, 6.07) is 12.9. The van der Waals surface area contributed by atoms with Gasteiger partial charge in [0.1, 0.15) is 5.69 Å². The third kappa shape index (κ3) is 3.55. The standard InChI is InChI=1S/C21H17N5O3/c1-2-26-18-11-14(5-8-16(18)19(25-26)21(28)29)13-3-6-15(7-4-13)24-20(27)17-12-22-9-10-23-17/h3-12H,2H2,1H3,(H,24,27)(H,28,29). The first-order chi connectivity index (χ1) is 14.1. The maximum Gasteiger partial charge on any atom is 0.357 e. The molecule has 0 aliphatic rings. The zero-order valence-electron chi connectivity index (χ0n) is 15.5. The van der Waals surface area contributed by atoms with Gasteiger partial charge in [0, 0.05) is 30.0 Å². The fourth-order valence-corrected chi connectivity index (χ4v) is 3.11. The number of carboxylic acid groups (broad SMARTS) is 1. The highest BCUT2D eigenvalue weighted by atomic mass is 16.4. The summed E-state index contributed by atoms with van der Waals surface area (Å²) in [5.74, 6) is -1.38. The average Bonchev–Trinajstić information content (AvgIpc) is 3.13. The van der Waals surface area contributed by atoms with Crippen LogP contribution >= 0.6 is 0 Å². The number of fused-ring (bicyclic) bond motifs is 1. The van der Waals surface area contributed by atoms with Crippen molar-refractivity contribution >= 4 is 28.5 Å². The normalized spacial score (nSPS) is 10.8. The fourth-order valence-electron chi connectivity index (χ4n) is 3.11. The number of rotatable bonds is 5. The van der Waals surface area contributed by atoms with Crippen molar-refractivity contribution in [1.29, 1.82) is 0 Å². The molecule has 2 aromatic heterocycles. The SMILES string of the molecule is CCn1nc(C(=O)O)c2ccc(-c3ccc(NC(=O)c4cnccn4)cc3)cc21. The van der Waals surface area contributed by atoms with Crippen molar-refractivity contribution in [3.8, 4) is 11.1 Å².